The van der Waals surface area contributed by atoms with Crippen molar-refractivity contribution in [3.05, 3.63) is 64.7 Å². The van der Waals surface area contributed by atoms with E-state index in [2.05, 4.69) is 15.5 Å². The van der Waals surface area contributed by atoms with E-state index >= 15 is 0 Å². The summed E-state index contributed by atoms with van der Waals surface area (Å²) in [7, 11) is 0. The molecule has 0 spiro atoms. The Hall–Kier alpha value is -2.54. The molecule has 3 rings (SSSR count). The first-order valence-electron chi connectivity index (χ1n) is 8.33. The van der Waals surface area contributed by atoms with Gasteiger partial charge in [0.15, 0.2) is 5.82 Å². The molecule has 0 saturated heterocycles. The molecule has 0 aliphatic carbocycles. The summed E-state index contributed by atoms with van der Waals surface area (Å²) in [5.41, 5.74) is 1.62. The van der Waals surface area contributed by atoms with Crippen molar-refractivity contribution in [3.8, 4) is 0 Å². The van der Waals surface area contributed by atoms with Crippen LogP contribution in [0.3, 0.4) is 0 Å². The highest BCUT2D eigenvalue weighted by Crippen LogP contribution is 2.27. The van der Waals surface area contributed by atoms with Crippen LogP contribution in [0.5, 0.6) is 0 Å². The Bertz CT molecular complexity index is 916. The first-order chi connectivity index (χ1) is 12.4. The fourth-order valence-electron chi connectivity index (χ4n) is 2.75. The molecule has 1 N–H and O–H groups in total. The lowest BCUT2D eigenvalue weighted by atomic mass is 10.1. The van der Waals surface area contributed by atoms with Gasteiger partial charge in [-0.05, 0) is 39.0 Å². The van der Waals surface area contributed by atoms with Crippen molar-refractivity contribution in [2.24, 2.45) is 0 Å². The number of thioether (sulfide) groups is 1. The van der Waals surface area contributed by atoms with E-state index < -0.39 is 0 Å². The number of aromatic nitrogens is 2. The number of rotatable bonds is 6. The predicted molar refractivity (Wildman–Crippen MR) is 99.1 cm³/mol. The van der Waals surface area contributed by atoms with Gasteiger partial charge < -0.3 is 14.3 Å². The average Bonchev–Trinajstić information content (AvgIpc) is 3.17. The second-order valence-corrected chi connectivity index (χ2v) is 7.10. The Morgan fingerprint density at radius 3 is 2.69 bits per heavy atom. The summed E-state index contributed by atoms with van der Waals surface area (Å²) in [5, 5.41) is 6.93. The maximum atomic E-state index is 12.8. The second-order valence-electron chi connectivity index (χ2n) is 6.08. The van der Waals surface area contributed by atoms with Gasteiger partial charge in [-0.25, -0.2) is 0 Å². The highest BCUT2D eigenvalue weighted by Gasteiger charge is 2.18. The molecule has 0 saturated carbocycles. The number of furan rings is 1. The van der Waals surface area contributed by atoms with Crippen LogP contribution in [-0.4, -0.2) is 16.0 Å². The summed E-state index contributed by atoms with van der Waals surface area (Å²) in [6.45, 7) is 7.51. The number of carbonyl (C=O) groups excluding carboxylic acids is 1. The smallest absolute Gasteiger partial charge is 0.252 e. The third kappa shape index (κ3) is 4.16. The minimum atomic E-state index is -0.141. The predicted octanol–water partition coefficient (Wildman–Crippen LogP) is 4.37. The number of nitrogens with one attached hydrogen (secondary N) is 1. The molecule has 2 aromatic heterocycles. The maximum Gasteiger partial charge on any atom is 0.252 e. The summed E-state index contributed by atoms with van der Waals surface area (Å²) in [5.74, 6) is 3.22. The van der Waals surface area contributed by atoms with Gasteiger partial charge in [0.1, 0.15) is 11.5 Å². The zero-order chi connectivity index (χ0) is 18.7. The van der Waals surface area contributed by atoms with Gasteiger partial charge in [0.05, 0.1) is 17.4 Å². The van der Waals surface area contributed by atoms with E-state index in [9.17, 15) is 4.79 Å². The molecule has 136 valence electrons. The Kier molecular flexibility index (Phi) is 5.46. The molecule has 3 aromatic rings. The lowest BCUT2D eigenvalue weighted by Gasteiger charge is -2.15. The molecule has 2 heterocycles. The monoisotopic (exact) mass is 371 g/mol. The van der Waals surface area contributed by atoms with Crippen LogP contribution < -0.4 is 5.32 Å². The quantitative estimate of drug-likeness (QED) is 0.648. The van der Waals surface area contributed by atoms with E-state index in [1.165, 1.54) is 11.8 Å². The Morgan fingerprint density at radius 1 is 1.27 bits per heavy atom. The number of amides is 1. The molecule has 0 aliphatic rings. The van der Waals surface area contributed by atoms with E-state index in [1.54, 1.807) is 6.92 Å². The van der Waals surface area contributed by atoms with Crippen molar-refractivity contribution in [1.82, 2.24) is 15.5 Å². The molecule has 0 bridgehead atoms. The van der Waals surface area contributed by atoms with Gasteiger partial charge >= 0.3 is 0 Å². The van der Waals surface area contributed by atoms with Crippen molar-refractivity contribution < 1.29 is 13.7 Å². The van der Waals surface area contributed by atoms with Crippen molar-refractivity contribution >= 4 is 17.7 Å². The van der Waals surface area contributed by atoms with Crippen LogP contribution in [0.4, 0.5) is 0 Å². The molecular weight excluding hydrogens is 350 g/mol. The Morgan fingerprint density at radius 2 is 2.04 bits per heavy atom. The summed E-state index contributed by atoms with van der Waals surface area (Å²) < 4.78 is 10.5. The molecule has 1 aromatic carbocycles. The van der Waals surface area contributed by atoms with E-state index in [1.807, 2.05) is 51.1 Å². The number of hydrogen-bond acceptors (Lipinski definition) is 6. The highest BCUT2D eigenvalue weighted by molar-refractivity contribution is 7.98. The lowest BCUT2D eigenvalue weighted by molar-refractivity contribution is 0.0937. The average molecular weight is 371 g/mol. The zero-order valence-corrected chi connectivity index (χ0v) is 16.0. The van der Waals surface area contributed by atoms with Crippen LogP contribution in [0.15, 0.2) is 44.2 Å². The largest absolute Gasteiger partial charge is 0.466 e. The van der Waals surface area contributed by atoms with Crippen LogP contribution >= 0.6 is 11.8 Å². The van der Waals surface area contributed by atoms with Crippen LogP contribution in [-0.2, 0) is 5.75 Å². The summed E-state index contributed by atoms with van der Waals surface area (Å²) in [6.07, 6.45) is 0. The van der Waals surface area contributed by atoms with E-state index in [-0.39, 0.29) is 11.9 Å². The molecule has 1 atom stereocenters. The first kappa shape index (κ1) is 18.3. The Balaban J connectivity index is 1.72. The molecule has 1 unspecified atom stereocenters. The molecule has 26 heavy (non-hydrogen) atoms. The summed E-state index contributed by atoms with van der Waals surface area (Å²) in [4.78, 5) is 17.8. The minimum absolute atomic E-state index is 0.122. The maximum absolute atomic E-state index is 12.8. The van der Waals surface area contributed by atoms with Crippen molar-refractivity contribution in [2.75, 3.05) is 0 Å². The SMILES string of the molecule is Cc1cc(C(C)NC(=O)c2ccccc2SCc2noc(C)n2)c(C)o1. The molecule has 7 heteroatoms. The number of hydrogen-bond donors (Lipinski definition) is 1. The topological polar surface area (TPSA) is 81.2 Å². The van der Waals surface area contributed by atoms with Gasteiger partial charge in [-0.15, -0.1) is 11.8 Å². The molecule has 0 aliphatic heterocycles. The first-order valence-corrected chi connectivity index (χ1v) is 9.31. The van der Waals surface area contributed by atoms with Crippen LogP contribution in [0.2, 0.25) is 0 Å². The number of benzene rings is 1. The fourth-order valence-corrected chi connectivity index (χ4v) is 3.65. The van der Waals surface area contributed by atoms with Gasteiger partial charge in [0.2, 0.25) is 5.89 Å². The van der Waals surface area contributed by atoms with E-state index in [0.29, 0.717) is 23.0 Å². The van der Waals surface area contributed by atoms with E-state index in [0.717, 1.165) is 22.0 Å². The van der Waals surface area contributed by atoms with Gasteiger partial charge in [0.25, 0.3) is 5.91 Å². The van der Waals surface area contributed by atoms with Crippen LogP contribution in [0.1, 0.15) is 52.1 Å². The third-order valence-electron chi connectivity index (χ3n) is 3.95. The number of aryl methyl sites for hydroxylation is 3. The lowest BCUT2D eigenvalue weighted by Crippen LogP contribution is -2.27. The van der Waals surface area contributed by atoms with E-state index in [4.69, 9.17) is 8.94 Å². The van der Waals surface area contributed by atoms with Crippen LogP contribution in [0, 0.1) is 20.8 Å². The number of carbonyl (C=O) groups is 1. The minimum Gasteiger partial charge on any atom is -0.466 e. The second kappa shape index (κ2) is 7.78. The molecule has 1 amide bonds. The van der Waals surface area contributed by atoms with Gasteiger partial charge in [-0.1, -0.05) is 17.3 Å². The van der Waals surface area contributed by atoms with Gasteiger partial charge in [0, 0.05) is 17.4 Å². The van der Waals surface area contributed by atoms with Gasteiger partial charge in [-0.2, -0.15) is 4.98 Å². The standard InChI is InChI=1S/C19H21N3O3S/c1-11-9-16(13(3)24-11)12(2)20-19(23)15-7-5-6-8-17(15)26-10-18-21-14(4)25-22-18/h5-9,12H,10H2,1-4H3,(H,20,23). The zero-order valence-electron chi connectivity index (χ0n) is 15.2. The molecule has 6 nitrogen and oxygen atoms in total. The fraction of sp³-hybridized carbons (Fsp3) is 0.316. The molecule has 0 fully saturated rings. The third-order valence-corrected chi connectivity index (χ3v) is 5.02. The van der Waals surface area contributed by atoms with Crippen LogP contribution in [0.25, 0.3) is 0 Å². The highest BCUT2D eigenvalue weighted by atomic mass is 32.2. The molecule has 0 radical (unpaired) electrons. The normalized spacial score (nSPS) is 12.2. The van der Waals surface area contributed by atoms with Crippen molar-refractivity contribution in [2.45, 2.75) is 44.4 Å². The number of nitrogens with zero attached hydrogens (tertiary/aromatic N) is 2. The van der Waals surface area contributed by atoms with Gasteiger partial charge in [-0.3, -0.25) is 4.79 Å². The summed E-state index contributed by atoms with van der Waals surface area (Å²) in [6, 6.07) is 9.32. The van der Waals surface area contributed by atoms with Crippen molar-refractivity contribution in [3.63, 3.8) is 0 Å². The molecular formula is C19H21N3O3S. The summed E-state index contributed by atoms with van der Waals surface area (Å²) >= 11 is 1.51. The Labute approximate surface area is 156 Å². The van der Waals surface area contributed by atoms with Crippen molar-refractivity contribution in [1.29, 1.82) is 0 Å².